The second-order valence-corrected chi connectivity index (χ2v) is 0.967. The fourth-order valence-corrected chi connectivity index (χ4v) is 0.272. The number of hydrogen-bond donors (Lipinski definition) is 1. The Kier molecular flexibility index (Phi) is 0.638. The van der Waals surface area contributed by atoms with Crippen LogP contribution in [0.25, 0.3) is 0 Å². The van der Waals surface area contributed by atoms with E-state index >= 15 is 0 Å². The molecule has 1 rings (SSSR count). The first-order chi connectivity index (χ1) is 2.89. The maximum atomic E-state index is 9.98. The van der Waals surface area contributed by atoms with Gasteiger partial charge >= 0.3 is 0 Å². The Morgan fingerprint density at radius 3 is 2.83 bits per heavy atom. The minimum absolute atomic E-state index is 0.0880. The van der Waals surface area contributed by atoms with Gasteiger partial charge in [-0.25, -0.2) is 0 Å². The Hall–Kier alpha value is -0.790. The largest absolute Gasteiger partial charge is 0.338 e. The topological polar surface area (TPSA) is 29.1 Å². The van der Waals surface area contributed by atoms with Gasteiger partial charge in [-0.3, -0.25) is 4.79 Å². The number of carbonyl (C=O) groups excluding carboxylic acids is 1. The molecule has 1 aliphatic heterocycles. The van der Waals surface area contributed by atoms with E-state index in [1.807, 2.05) is 0 Å². The highest BCUT2D eigenvalue weighted by Gasteiger charge is 1.97. The van der Waals surface area contributed by atoms with Crippen LogP contribution in [0.15, 0.2) is 12.2 Å². The molecule has 2 nitrogen and oxygen atoms in total. The Morgan fingerprint density at radius 2 is 2.67 bits per heavy atom. The number of hydrogen-bond acceptors (Lipinski definition) is 1. The summed E-state index contributed by atoms with van der Waals surface area (Å²) in [6.45, 7) is 2.49. The lowest BCUT2D eigenvalue weighted by Gasteiger charge is -1.78. The fourth-order valence-electron chi connectivity index (χ4n) is 0.272. The molecule has 2 heteroatoms. The van der Waals surface area contributed by atoms with E-state index in [4.69, 9.17) is 0 Å². The number of nitrogens with one attached hydrogen (secondary N) is 1. The predicted octanol–water partition coefficient (Wildman–Crippen LogP) is -0.289. The quantitative estimate of drug-likeness (QED) is 0.426. The average molecular weight is 81.1 g/mol. The van der Waals surface area contributed by atoms with Gasteiger partial charge in [0.2, 0.25) is 5.91 Å². The second kappa shape index (κ2) is 1.12. The van der Waals surface area contributed by atoms with Crippen molar-refractivity contribution in [2.75, 3.05) is 0 Å². The molecule has 0 saturated heterocycles. The van der Waals surface area contributed by atoms with E-state index in [1.165, 1.54) is 6.08 Å². The van der Waals surface area contributed by atoms with Crippen LogP contribution < -0.4 is 5.32 Å². The minimum Gasteiger partial charge on any atom is -0.338 e. The van der Waals surface area contributed by atoms with Crippen LogP contribution in [0.4, 0.5) is 0 Å². The van der Waals surface area contributed by atoms with Crippen molar-refractivity contribution in [2.24, 2.45) is 0 Å². The first-order valence-corrected chi connectivity index (χ1v) is 1.61. The third-order valence-corrected chi connectivity index (χ3v) is 0.513. The van der Waals surface area contributed by atoms with Crippen molar-refractivity contribution < 1.29 is 4.79 Å². The summed E-state index contributed by atoms with van der Waals surface area (Å²) in [6.07, 6.45) is 2.96. The second-order valence-electron chi connectivity index (χ2n) is 0.967. The summed E-state index contributed by atoms with van der Waals surface area (Å²) in [6, 6.07) is 0. The van der Waals surface area contributed by atoms with Crippen molar-refractivity contribution in [1.82, 2.24) is 5.32 Å². The van der Waals surface area contributed by atoms with Crippen LogP contribution in [0, 0.1) is 6.54 Å². The molecular formula is C4H3NO. The Bertz CT molecular complexity index is 95.7. The normalized spacial score (nSPS) is 18.3. The molecule has 0 aromatic rings. The summed E-state index contributed by atoms with van der Waals surface area (Å²) in [5.74, 6) is -0.0880. The van der Waals surface area contributed by atoms with Crippen molar-refractivity contribution in [3.63, 3.8) is 0 Å². The lowest BCUT2D eigenvalue weighted by Crippen LogP contribution is -2.09. The molecule has 1 N–H and O–H groups in total. The van der Waals surface area contributed by atoms with Crippen molar-refractivity contribution in [3.05, 3.63) is 18.7 Å². The van der Waals surface area contributed by atoms with Gasteiger partial charge in [0.25, 0.3) is 0 Å². The summed E-state index contributed by atoms with van der Waals surface area (Å²) < 4.78 is 0. The van der Waals surface area contributed by atoms with E-state index in [9.17, 15) is 4.79 Å². The van der Waals surface area contributed by atoms with Gasteiger partial charge in [-0.2, -0.15) is 0 Å². The van der Waals surface area contributed by atoms with Gasteiger partial charge in [0.15, 0.2) is 0 Å². The minimum atomic E-state index is -0.0880. The predicted molar refractivity (Wildman–Crippen MR) is 20.5 cm³/mol. The summed E-state index contributed by atoms with van der Waals surface area (Å²) in [4.78, 5) is 9.98. The molecule has 1 aliphatic rings. The van der Waals surface area contributed by atoms with Gasteiger partial charge in [0, 0.05) is 6.08 Å². The number of rotatable bonds is 0. The molecule has 0 fully saturated rings. The van der Waals surface area contributed by atoms with Crippen LogP contribution in [-0.2, 0) is 4.79 Å². The van der Waals surface area contributed by atoms with Gasteiger partial charge in [-0.05, 0) is 6.08 Å². The van der Waals surface area contributed by atoms with Crippen molar-refractivity contribution in [3.8, 4) is 0 Å². The zero-order valence-electron chi connectivity index (χ0n) is 3.06. The average Bonchev–Trinajstić information content (AvgIpc) is 1.86. The van der Waals surface area contributed by atoms with Crippen LogP contribution in [0.2, 0.25) is 0 Å². The molecular weight excluding hydrogens is 78.0 g/mol. The van der Waals surface area contributed by atoms with E-state index in [2.05, 4.69) is 11.9 Å². The van der Waals surface area contributed by atoms with E-state index in [0.29, 0.717) is 0 Å². The molecule has 0 saturated carbocycles. The van der Waals surface area contributed by atoms with Crippen LogP contribution in [0.3, 0.4) is 0 Å². The van der Waals surface area contributed by atoms with Crippen molar-refractivity contribution >= 4 is 5.91 Å². The fraction of sp³-hybridized carbons (Fsp3) is 0. The summed E-state index contributed by atoms with van der Waals surface area (Å²) in [5.41, 5.74) is 0. The molecule has 1 heterocycles. The summed E-state index contributed by atoms with van der Waals surface area (Å²) in [5, 5.41) is 2.32. The van der Waals surface area contributed by atoms with Gasteiger partial charge in [-0.1, -0.05) is 0 Å². The SMILES string of the molecule is O=C1C=C[C]N1. The van der Waals surface area contributed by atoms with E-state index in [0.717, 1.165) is 0 Å². The highest BCUT2D eigenvalue weighted by Crippen LogP contribution is 1.84. The molecule has 0 unspecified atom stereocenters. The van der Waals surface area contributed by atoms with Gasteiger partial charge in [0.1, 0.15) is 6.54 Å². The van der Waals surface area contributed by atoms with Gasteiger partial charge < -0.3 is 5.32 Å². The first-order valence-electron chi connectivity index (χ1n) is 1.61. The highest BCUT2D eigenvalue weighted by molar-refractivity contribution is 5.90. The Labute approximate surface area is 35.9 Å². The van der Waals surface area contributed by atoms with Gasteiger partial charge in [0.05, 0.1) is 0 Å². The molecule has 0 aromatic carbocycles. The zero-order valence-corrected chi connectivity index (χ0v) is 3.06. The maximum absolute atomic E-state index is 9.98. The molecule has 0 aliphatic carbocycles. The molecule has 6 heavy (non-hydrogen) atoms. The van der Waals surface area contributed by atoms with Crippen molar-refractivity contribution in [1.29, 1.82) is 0 Å². The summed E-state index contributed by atoms with van der Waals surface area (Å²) >= 11 is 0. The molecule has 0 spiro atoms. The molecule has 0 atom stereocenters. The molecule has 2 radical (unpaired) electrons. The lowest BCUT2D eigenvalue weighted by molar-refractivity contribution is -0.115. The number of amides is 1. The van der Waals surface area contributed by atoms with E-state index in [-0.39, 0.29) is 5.91 Å². The zero-order chi connectivity index (χ0) is 4.41. The molecule has 0 aromatic heterocycles. The van der Waals surface area contributed by atoms with E-state index in [1.54, 1.807) is 6.08 Å². The molecule has 0 bridgehead atoms. The van der Waals surface area contributed by atoms with Crippen LogP contribution >= 0.6 is 0 Å². The molecule has 30 valence electrons. The van der Waals surface area contributed by atoms with Crippen LogP contribution in [-0.4, -0.2) is 5.91 Å². The third kappa shape index (κ3) is 0.407. The van der Waals surface area contributed by atoms with E-state index < -0.39 is 0 Å². The Morgan fingerprint density at radius 1 is 1.83 bits per heavy atom. The monoisotopic (exact) mass is 81.0 g/mol. The lowest BCUT2D eigenvalue weighted by atomic mass is 10.6. The maximum Gasteiger partial charge on any atom is 0.244 e. The van der Waals surface area contributed by atoms with Crippen LogP contribution in [0.5, 0.6) is 0 Å². The standard InChI is InChI=1S/C4H3NO/c6-4-2-1-3-5-4/h1-2H,(H,5,6). The van der Waals surface area contributed by atoms with Gasteiger partial charge in [-0.15, -0.1) is 0 Å². The van der Waals surface area contributed by atoms with Crippen molar-refractivity contribution in [2.45, 2.75) is 0 Å². The number of carbonyl (C=O) groups is 1. The Balaban J connectivity index is 2.59. The molecule has 1 amide bonds. The third-order valence-electron chi connectivity index (χ3n) is 0.513. The smallest absolute Gasteiger partial charge is 0.244 e. The van der Waals surface area contributed by atoms with Crippen LogP contribution in [0.1, 0.15) is 0 Å². The summed E-state index contributed by atoms with van der Waals surface area (Å²) in [7, 11) is 0. The highest BCUT2D eigenvalue weighted by atomic mass is 16.1. The first kappa shape index (κ1) is 3.40.